The molecule has 0 saturated heterocycles. The Hall–Kier alpha value is -0.880. The Kier molecular flexibility index (Phi) is 3.77. The maximum absolute atomic E-state index is 12.2. The van der Waals surface area contributed by atoms with Crippen LogP contribution >= 0.6 is 27.3 Å². The number of rotatable bonds is 3. The number of hydrogen-bond acceptors (Lipinski definition) is 3. The molecule has 4 saturated carbocycles. The van der Waals surface area contributed by atoms with E-state index >= 15 is 0 Å². The highest BCUT2D eigenvalue weighted by atomic mass is 79.9. The predicted octanol–water partition coefficient (Wildman–Crippen LogP) is 4.11. The van der Waals surface area contributed by atoms with Crippen LogP contribution in [-0.4, -0.2) is 17.8 Å². The number of nitrogens with zero attached hydrogens (tertiary/aromatic N) is 1. The van der Waals surface area contributed by atoms with E-state index in [2.05, 4.69) is 31.8 Å². The van der Waals surface area contributed by atoms with Crippen molar-refractivity contribution >= 4 is 39.5 Å². The number of thiophene rings is 1. The lowest BCUT2D eigenvalue weighted by atomic mass is 9.53. The fourth-order valence-electron chi connectivity index (χ4n) is 5.08. The van der Waals surface area contributed by atoms with E-state index in [0.29, 0.717) is 0 Å². The first-order chi connectivity index (χ1) is 10.6. The fraction of sp³-hybridized carbons (Fsp3) is 0.625. The number of carbonyl (C=O) groups is 1. The van der Waals surface area contributed by atoms with Crippen LogP contribution in [0.15, 0.2) is 21.0 Å². The molecule has 1 aromatic heterocycles. The molecular weight excluding hydrogens is 362 g/mol. The van der Waals surface area contributed by atoms with E-state index < -0.39 is 0 Å². The highest BCUT2D eigenvalue weighted by molar-refractivity contribution is 9.11. The second-order valence-electron chi connectivity index (χ2n) is 7.16. The summed E-state index contributed by atoms with van der Waals surface area (Å²) in [6, 6.07) is 3.78. The van der Waals surface area contributed by atoms with Gasteiger partial charge in [0.25, 0.3) is 0 Å². The van der Waals surface area contributed by atoms with Gasteiger partial charge in [0, 0.05) is 10.4 Å². The zero-order valence-corrected chi connectivity index (χ0v) is 14.8. The molecule has 22 heavy (non-hydrogen) atoms. The Morgan fingerprint density at radius 2 is 1.86 bits per heavy atom. The van der Waals surface area contributed by atoms with Crippen molar-refractivity contribution < 1.29 is 4.79 Å². The van der Waals surface area contributed by atoms with E-state index in [1.165, 1.54) is 19.3 Å². The third kappa shape index (κ3) is 2.95. The summed E-state index contributed by atoms with van der Waals surface area (Å²) >= 11 is 5.00. The smallest absolute Gasteiger partial charge is 0.331 e. The average molecular weight is 382 g/mol. The molecule has 2 N–H and O–H groups in total. The first-order valence-corrected chi connectivity index (χ1v) is 9.58. The van der Waals surface area contributed by atoms with Gasteiger partial charge in [-0.1, -0.05) is 0 Å². The summed E-state index contributed by atoms with van der Waals surface area (Å²) in [6.45, 7) is 0. The third-order valence-corrected chi connectivity index (χ3v) is 6.93. The van der Waals surface area contributed by atoms with Crippen LogP contribution in [0.25, 0.3) is 0 Å². The average Bonchev–Trinajstić information content (AvgIpc) is 2.82. The van der Waals surface area contributed by atoms with Crippen LogP contribution in [0.1, 0.15) is 43.4 Å². The van der Waals surface area contributed by atoms with Gasteiger partial charge in [-0.05, 0) is 84.3 Å². The van der Waals surface area contributed by atoms with Gasteiger partial charge in [0.1, 0.15) is 0 Å². The zero-order valence-electron chi connectivity index (χ0n) is 12.3. The van der Waals surface area contributed by atoms with Crippen molar-refractivity contribution in [1.29, 1.82) is 0 Å². The molecule has 1 aromatic rings. The van der Waals surface area contributed by atoms with Crippen LogP contribution in [0.3, 0.4) is 0 Å². The summed E-state index contributed by atoms with van der Waals surface area (Å²) in [5, 5.41) is 7.30. The molecule has 4 aliphatic carbocycles. The van der Waals surface area contributed by atoms with Crippen molar-refractivity contribution in [2.24, 2.45) is 22.9 Å². The van der Waals surface area contributed by atoms with Crippen molar-refractivity contribution in [3.63, 3.8) is 0 Å². The molecule has 5 rings (SSSR count). The number of hydrogen-bond donors (Lipinski definition) is 2. The van der Waals surface area contributed by atoms with Crippen LogP contribution < -0.4 is 10.7 Å². The van der Waals surface area contributed by atoms with Crippen LogP contribution in [0, 0.1) is 17.8 Å². The molecule has 4 fully saturated rings. The maximum Gasteiger partial charge on any atom is 0.335 e. The summed E-state index contributed by atoms with van der Waals surface area (Å²) in [7, 11) is 0. The Labute approximate surface area is 142 Å². The van der Waals surface area contributed by atoms with Gasteiger partial charge in [0.2, 0.25) is 0 Å². The molecule has 118 valence electrons. The quantitative estimate of drug-likeness (QED) is 0.600. The number of halogens is 1. The van der Waals surface area contributed by atoms with Crippen LogP contribution in [0.4, 0.5) is 4.79 Å². The Bertz CT molecular complexity index is 577. The highest BCUT2D eigenvalue weighted by Gasteiger charge is 2.51. The summed E-state index contributed by atoms with van der Waals surface area (Å²) in [5.41, 5.74) is 2.67. The van der Waals surface area contributed by atoms with E-state index in [0.717, 1.165) is 45.7 Å². The molecule has 2 amide bonds. The molecule has 0 aliphatic heterocycles. The lowest BCUT2D eigenvalue weighted by Gasteiger charge is -2.56. The lowest BCUT2D eigenvalue weighted by molar-refractivity contribution is -0.0135. The Morgan fingerprint density at radius 1 is 1.23 bits per heavy atom. The van der Waals surface area contributed by atoms with Gasteiger partial charge in [0.05, 0.1) is 10.0 Å². The molecular formula is C16H20BrN3OS. The molecule has 4 nitrogen and oxygen atoms in total. The number of nitrogens with one attached hydrogen (secondary N) is 2. The van der Waals surface area contributed by atoms with Gasteiger partial charge in [0.15, 0.2) is 0 Å². The number of amides is 2. The Balaban J connectivity index is 1.35. The van der Waals surface area contributed by atoms with E-state index in [9.17, 15) is 4.79 Å². The lowest BCUT2D eigenvalue weighted by Crippen LogP contribution is -2.61. The molecule has 0 atom stereocenters. The molecule has 0 unspecified atom stereocenters. The molecule has 1 heterocycles. The summed E-state index contributed by atoms with van der Waals surface area (Å²) in [6.07, 6.45) is 9.32. The van der Waals surface area contributed by atoms with Crippen molar-refractivity contribution in [2.45, 2.75) is 44.1 Å². The topological polar surface area (TPSA) is 53.5 Å². The van der Waals surface area contributed by atoms with Crippen LogP contribution in [-0.2, 0) is 0 Å². The molecule has 0 radical (unpaired) electrons. The largest absolute Gasteiger partial charge is 0.335 e. The summed E-state index contributed by atoms with van der Waals surface area (Å²) < 4.78 is 1.06. The van der Waals surface area contributed by atoms with Crippen molar-refractivity contribution in [1.82, 2.24) is 10.7 Å². The normalized spacial score (nSPS) is 36.0. The van der Waals surface area contributed by atoms with Crippen LogP contribution in [0.2, 0.25) is 0 Å². The summed E-state index contributed by atoms with van der Waals surface area (Å²) in [4.78, 5) is 13.2. The second-order valence-corrected chi connectivity index (χ2v) is 9.66. The van der Waals surface area contributed by atoms with Gasteiger partial charge >= 0.3 is 6.03 Å². The SMILES string of the molecule is O=C(N/N=C\c1ccc(Br)s1)NC12CC3CC(CC(C3)C1)C2. The Morgan fingerprint density at radius 3 is 2.41 bits per heavy atom. The molecule has 4 bridgehead atoms. The molecule has 4 aliphatic rings. The summed E-state index contributed by atoms with van der Waals surface area (Å²) in [5.74, 6) is 2.50. The minimum absolute atomic E-state index is 0.0420. The van der Waals surface area contributed by atoms with Crippen molar-refractivity contribution in [3.8, 4) is 0 Å². The van der Waals surface area contributed by atoms with Gasteiger partial charge in [-0.15, -0.1) is 11.3 Å². The first kappa shape index (κ1) is 14.7. The minimum atomic E-state index is -0.158. The maximum atomic E-state index is 12.2. The monoisotopic (exact) mass is 381 g/mol. The standard InChI is InChI=1S/C16H20BrN3OS/c17-14-2-1-13(22-14)9-18-20-15(21)19-16-6-10-3-11(7-16)5-12(4-10)8-16/h1-2,9-12H,3-8H2,(H2,19,20,21)/b18-9-. The third-order valence-electron chi connectivity index (χ3n) is 5.37. The predicted molar refractivity (Wildman–Crippen MR) is 92.2 cm³/mol. The van der Waals surface area contributed by atoms with Gasteiger partial charge < -0.3 is 5.32 Å². The second kappa shape index (κ2) is 5.64. The first-order valence-electron chi connectivity index (χ1n) is 7.97. The van der Waals surface area contributed by atoms with Crippen molar-refractivity contribution in [3.05, 3.63) is 20.8 Å². The van der Waals surface area contributed by atoms with E-state index in [-0.39, 0.29) is 11.6 Å². The van der Waals surface area contributed by atoms with Crippen LogP contribution in [0.5, 0.6) is 0 Å². The van der Waals surface area contributed by atoms with E-state index in [1.54, 1.807) is 17.6 Å². The van der Waals surface area contributed by atoms with Crippen molar-refractivity contribution in [2.75, 3.05) is 0 Å². The van der Waals surface area contributed by atoms with Gasteiger partial charge in [-0.3, -0.25) is 0 Å². The zero-order chi connectivity index (χ0) is 15.2. The molecule has 0 spiro atoms. The van der Waals surface area contributed by atoms with E-state index in [1.807, 2.05) is 12.1 Å². The van der Waals surface area contributed by atoms with Gasteiger partial charge in [-0.2, -0.15) is 5.10 Å². The van der Waals surface area contributed by atoms with E-state index in [4.69, 9.17) is 0 Å². The fourth-order valence-corrected chi connectivity index (χ4v) is 6.38. The number of hydrazone groups is 1. The molecule has 0 aromatic carbocycles. The number of carbonyl (C=O) groups excluding carboxylic acids is 1. The van der Waals surface area contributed by atoms with Gasteiger partial charge in [-0.25, -0.2) is 10.2 Å². The number of urea groups is 1. The highest BCUT2D eigenvalue weighted by Crippen LogP contribution is 2.55. The minimum Gasteiger partial charge on any atom is -0.331 e. The molecule has 6 heteroatoms.